The molecular formula is C17H36N2. The summed E-state index contributed by atoms with van der Waals surface area (Å²) in [5.41, 5.74) is 0.361. The molecule has 2 nitrogen and oxygen atoms in total. The van der Waals surface area contributed by atoms with Gasteiger partial charge < -0.3 is 10.2 Å². The van der Waals surface area contributed by atoms with Gasteiger partial charge in [0.2, 0.25) is 0 Å². The summed E-state index contributed by atoms with van der Waals surface area (Å²) in [5, 5.41) is 3.81. The van der Waals surface area contributed by atoms with Gasteiger partial charge in [-0.1, -0.05) is 40.5 Å². The standard InChI is InChI=1S/C17H36N2/c1-7-12-18-16(15-10-8-9-11-15)13-19(6)14(2)17(3,4)5/h14-16,18H,7-13H2,1-6H3. The van der Waals surface area contributed by atoms with E-state index in [0.29, 0.717) is 17.5 Å². The Morgan fingerprint density at radius 3 is 2.26 bits per heavy atom. The van der Waals surface area contributed by atoms with E-state index in [1.54, 1.807) is 0 Å². The van der Waals surface area contributed by atoms with Crippen molar-refractivity contribution in [3.8, 4) is 0 Å². The monoisotopic (exact) mass is 268 g/mol. The van der Waals surface area contributed by atoms with Crippen LogP contribution in [0.1, 0.15) is 66.7 Å². The summed E-state index contributed by atoms with van der Waals surface area (Å²) in [6.45, 7) is 14.0. The molecule has 19 heavy (non-hydrogen) atoms. The molecule has 1 saturated carbocycles. The van der Waals surface area contributed by atoms with Crippen LogP contribution in [0.4, 0.5) is 0 Å². The highest BCUT2D eigenvalue weighted by Crippen LogP contribution is 2.29. The zero-order chi connectivity index (χ0) is 14.5. The summed E-state index contributed by atoms with van der Waals surface area (Å²) in [6, 6.07) is 1.32. The first-order valence-electron chi connectivity index (χ1n) is 8.30. The fourth-order valence-electron chi connectivity index (χ4n) is 3.20. The van der Waals surface area contributed by atoms with Crippen molar-refractivity contribution in [1.82, 2.24) is 10.2 Å². The van der Waals surface area contributed by atoms with Gasteiger partial charge in [-0.15, -0.1) is 0 Å². The number of rotatable bonds is 7. The largest absolute Gasteiger partial charge is 0.312 e. The molecule has 1 aliphatic rings. The van der Waals surface area contributed by atoms with E-state index in [1.807, 2.05) is 0 Å². The van der Waals surface area contributed by atoms with E-state index in [2.05, 4.69) is 51.9 Å². The van der Waals surface area contributed by atoms with Gasteiger partial charge in [-0.25, -0.2) is 0 Å². The third-order valence-corrected chi connectivity index (χ3v) is 5.02. The van der Waals surface area contributed by atoms with Gasteiger partial charge in [0.25, 0.3) is 0 Å². The minimum Gasteiger partial charge on any atom is -0.312 e. The number of likely N-dealkylation sites (N-methyl/N-ethyl adjacent to an activating group) is 1. The highest BCUT2D eigenvalue weighted by molar-refractivity contribution is 4.86. The molecule has 0 heterocycles. The van der Waals surface area contributed by atoms with Crippen LogP contribution in [-0.2, 0) is 0 Å². The smallest absolute Gasteiger partial charge is 0.0223 e. The number of nitrogens with one attached hydrogen (secondary N) is 1. The van der Waals surface area contributed by atoms with Gasteiger partial charge in [0.1, 0.15) is 0 Å². The van der Waals surface area contributed by atoms with Crippen LogP contribution in [0.3, 0.4) is 0 Å². The lowest BCUT2D eigenvalue weighted by atomic mass is 9.86. The van der Waals surface area contributed by atoms with Crippen molar-refractivity contribution < 1.29 is 0 Å². The molecule has 1 N–H and O–H groups in total. The van der Waals surface area contributed by atoms with E-state index >= 15 is 0 Å². The summed E-state index contributed by atoms with van der Waals surface area (Å²) in [7, 11) is 2.30. The van der Waals surface area contributed by atoms with Crippen molar-refractivity contribution >= 4 is 0 Å². The molecule has 0 aromatic rings. The van der Waals surface area contributed by atoms with Gasteiger partial charge in [0.15, 0.2) is 0 Å². The van der Waals surface area contributed by atoms with Gasteiger partial charge in [-0.2, -0.15) is 0 Å². The maximum absolute atomic E-state index is 3.81. The van der Waals surface area contributed by atoms with Crippen LogP contribution in [0.25, 0.3) is 0 Å². The van der Waals surface area contributed by atoms with Crippen molar-refractivity contribution in [3.63, 3.8) is 0 Å². The lowest BCUT2D eigenvalue weighted by Gasteiger charge is -2.38. The van der Waals surface area contributed by atoms with Crippen LogP contribution < -0.4 is 5.32 Å². The Kier molecular flexibility index (Phi) is 6.82. The van der Waals surface area contributed by atoms with Gasteiger partial charge in [0.05, 0.1) is 0 Å². The van der Waals surface area contributed by atoms with E-state index < -0.39 is 0 Å². The van der Waals surface area contributed by atoms with E-state index in [4.69, 9.17) is 0 Å². The molecule has 2 unspecified atom stereocenters. The Bertz CT molecular complexity index is 238. The van der Waals surface area contributed by atoms with Crippen LogP contribution in [0, 0.1) is 11.3 Å². The predicted octanol–water partition coefficient (Wildman–Crippen LogP) is 3.91. The minimum absolute atomic E-state index is 0.361. The zero-order valence-electron chi connectivity index (χ0n) is 14.1. The Balaban J connectivity index is 2.55. The second-order valence-electron chi connectivity index (χ2n) is 7.59. The average molecular weight is 268 g/mol. The summed E-state index contributed by atoms with van der Waals surface area (Å²) < 4.78 is 0. The first-order valence-corrected chi connectivity index (χ1v) is 8.30. The normalized spacial score (nSPS) is 21.0. The molecule has 1 aliphatic carbocycles. The molecule has 0 amide bonds. The van der Waals surface area contributed by atoms with E-state index in [0.717, 1.165) is 5.92 Å². The SMILES string of the molecule is CCCNC(CN(C)C(C)C(C)(C)C)C1CCCC1. The van der Waals surface area contributed by atoms with Crippen LogP contribution in [0.5, 0.6) is 0 Å². The highest BCUT2D eigenvalue weighted by Gasteiger charge is 2.29. The van der Waals surface area contributed by atoms with Crippen molar-refractivity contribution in [3.05, 3.63) is 0 Å². The third-order valence-electron chi connectivity index (χ3n) is 5.02. The third kappa shape index (κ3) is 5.43. The molecule has 1 rings (SSSR count). The molecule has 1 fully saturated rings. The lowest BCUT2D eigenvalue weighted by Crippen LogP contribution is -2.49. The summed E-state index contributed by atoms with van der Waals surface area (Å²) >= 11 is 0. The van der Waals surface area contributed by atoms with Gasteiger partial charge >= 0.3 is 0 Å². The Labute approximate surface area is 121 Å². The van der Waals surface area contributed by atoms with Gasteiger partial charge in [-0.3, -0.25) is 0 Å². The number of nitrogens with zero attached hydrogens (tertiary/aromatic N) is 1. The fourth-order valence-corrected chi connectivity index (χ4v) is 3.20. The molecule has 0 aromatic heterocycles. The maximum Gasteiger partial charge on any atom is 0.0223 e. The summed E-state index contributed by atoms with van der Waals surface area (Å²) in [5.74, 6) is 0.904. The van der Waals surface area contributed by atoms with Gasteiger partial charge in [0, 0.05) is 18.6 Å². The highest BCUT2D eigenvalue weighted by atomic mass is 15.2. The van der Waals surface area contributed by atoms with Crippen molar-refractivity contribution in [2.75, 3.05) is 20.1 Å². The van der Waals surface area contributed by atoms with Crippen molar-refractivity contribution in [1.29, 1.82) is 0 Å². The van der Waals surface area contributed by atoms with Crippen LogP contribution >= 0.6 is 0 Å². The average Bonchev–Trinajstić information content (AvgIpc) is 2.85. The number of hydrogen-bond donors (Lipinski definition) is 1. The fraction of sp³-hybridized carbons (Fsp3) is 1.00. The topological polar surface area (TPSA) is 15.3 Å². The lowest BCUT2D eigenvalue weighted by molar-refractivity contribution is 0.118. The Hall–Kier alpha value is -0.0800. The Morgan fingerprint density at radius 2 is 1.79 bits per heavy atom. The van der Waals surface area contributed by atoms with Gasteiger partial charge in [-0.05, 0) is 51.1 Å². The number of hydrogen-bond acceptors (Lipinski definition) is 2. The molecule has 2 heteroatoms. The van der Waals surface area contributed by atoms with Crippen LogP contribution in [-0.4, -0.2) is 37.1 Å². The van der Waals surface area contributed by atoms with E-state index in [9.17, 15) is 0 Å². The van der Waals surface area contributed by atoms with Crippen LogP contribution in [0.2, 0.25) is 0 Å². The second kappa shape index (κ2) is 7.64. The van der Waals surface area contributed by atoms with Crippen molar-refractivity contribution in [2.24, 2.45) is 11.3 Å². The molecule has 2 atom stereocenters. The molecule has 0 saturated heterocycles. The predicted molar refractivity (Wildman–Crippen MR) is 85.6 cm³/mol. The first kappa shape index (κ1) is 17.0. The first-order chi connectivity index (χ1) is 8.86. The quantitative estimate of drug-likeness (QED) is 0.753. The second-order valence-corrected chi connectivity index (χ2v) is 7.59. The van der Waals surface area contributed by atoms with Crippen LogP contribution in [0.15, 0.2) is 0 Å². The molecule has 0 spiro atoms. The Morgan fingerprint density at radius 1 is 1.21 bits per heavy atom. The van der Waals surface area contributed by atoms with E-state index in [-0.39, 0.29) is 0 Å². The zero-order valence-corrected chi connectivity index (χ0v) is 14.1. The summed E-state index contributed by atoms with van der Waals surface area (Å²) in [4.78, 5) is 2.56. The molecule has 0 radical (unpaired) electrons. The minimum atomic E-state index is 0.361. The molecule has 0 bridgehead atoms. The molecular weight excluding hydrogens is 232 g/mol. The molecule has 114 valence electrons. The summed E-state index contributed by atoms with van der Waals surface area (Å²) in [6.07, 6.45) is 6.97. The van der Waals surface area contributed by atoms with E-state index in [1.165, 1.54) is 45.2 Å². The molecule has 0 aliphatic heterocycles. The van der Waals surface area contributed by atoms with Crippen molar-refractivity contribution in [2.45, 2.75) is 78.8 Å². The molecule has 0 aromatic carbocycles. The maximum atomic E-state index is 3.81.